The molecule has 0 aliphatic heterocycles. The second-order valence-corrected chi connectivity index (χ2v) is 4.94. The van der Waals surface area contributed by atoms with Crippen molar-refractivity contribution in [2.75, 3.05) is 0 Å². The molecule has 0 N–H and O–H groups in total. The Morgan fingerprint density at radius 1 is 0.696 bits per heavy atom. The third-order valence-electron chi connectivity index (χ3n) is 3.31. The standard InChI is InChI=1S/C21H14FN/c22-20-13-11-17(12-14-20)15-16-23-21(18-7-3-1-4-8-18)19-9-5-2-6-10-19/h1-14H. The molecule has 1 nitrogen and oxygen atoms in total. The molecular weight excluding hydrogens is 285 g/mol. The second-order valence-electron chi connectivity index (χ2n) is 4.94. The third kappa shape index (κ3) is 3.93. The van der Waals surface area contributed by atoms with Crippen LogP contribution in [0.15, 0.2) is 89.9 Å². The van der Waals surface area contributed by atoms with E-state index in [1.165, 1.54) is 12.1 Å². The smallest absolute Gasteiger partial charge is 0.123 e. The molecule has 3 aromatic carbocycles. The summed E-state index contributed by atoms with van der Waals surface area (Å²) in [6.07, 6.45) is 0. The molecule has 0 bridgehead atoms. The van der Waals surface area contributed by atoms with Gasteiger partial charge in [-0.2, -0.15) is 4.99 Å². The molecule has 2 heteroatoms. The lowest BCUT2D eigenvalue weighted by molar-refractivity contribution is 0.627. The first-order valence-corrected chi connectivity index (χ1v) is 7.28. The third-order valence-corrected chi connectivity index (χ3v) is 3.31. The van der Waals surface area contributed by atoms with E-state index in [0.29, 0.717) is 0 Å². The number of aliphatic imine (C=N–C) groups is 1. The second kappa shape index (κ2) is 7.20. The molecule has 0 saturated carbocycles. The van der Waals surface area contributed by atoms with Crippen molar-refractivity contribution in [2.24, 2.45) is 4.99 Å². The molecule has 23 heavy (non-hydrogen) atoms. The lowest BCUT2D eigenvalue weighted by atomic mass is 10.0. The Kier molecular flexibility index (Phi) is 4.61. The Bertz CT molecular complexity index is 813. The number of halogens is 1. The van der Waals surface area contributed by atoms with Crippen molar-refractivity contribution in [1.29, 1.82) is 0 Å². The molecule has 0 aliphatic rings. The van der Waals surface area contributed by atoms with Crippen molar-refractivity contribution in [3.05, 3.63) is 107 Å². The number of rotatable bonds is 2. The summed E-state index contributed by atoms with van der Waals surface area (Å²) in [6.45, 7) is 0. The first-order valence-electron chi connectivity index (χ1n) is 7.28. The highest BCUT2D eigenvalue weighted by atomic mass is 19.1. The minimum Gasteiger partial charge on any atom is -0.207 e. The summed E-state index contributed by atoms with van der Waals surface area (Å²) in [6, 6.07) is 28.8. The van der Waals surface area contributed by atoms with Gasteiger partial charge in [-0.15, -0.1) is 0 Å². The van der Waals surface area contributed by atoms with Gasteiger partial charge < -0.3 is 0 Å². The van der Waals surface area contributed by atoms with E-state index in [2.05, 4.69) is 17.0 Å². The molecule has 0 aromatic heterocycles. The monoisotopic (exact) mass is 299 g/mol. The molecule has 3 rings (SSSR count). The number of hydrogen-bond acceptors (Lipinski definition) is 1. The van der Waals surface area contributed by atoms with Gasteiger partial charge >= 0.3 is 0 Å². The van der Waals surface area contributed by atoms with Crippen LogP contribution in [-0.4, -0.2) is 5.71 Å². The fourth-order valence-electron chi connectivity index (χ4n) is 2.17. The van der Waals surface area contributed by atoms with Crippen LogP contribution >= 0.6 is 0 Å². The van der Waals surface area contributed by atoms with Crippen molar-refractivity contribution in [3.8, 4) is 12.0 Å². The van der Waals surface area contributed by atoms with Gasteiger partial charge in [0.1, 0.15) is 5.82 Å². The summed E-state index contributed by atoms with van der Waals surface area (Å²) in [7, 11) is 0. The highest BCUT2D eigenvalue weighted by molar-refractivity contribution is 6.13. The fraction of sp³-hybridized carbons (Fsp3) is 0. The van der Waals surface area contributed by atoms with Gasteiger partial charge in [0.15, 0.2) is 0 Å². The van der Waals surface area contributed by atoms with E-state index >= 15 is 0 Å². The predicted octanol–water partition coefficient (Wildman–Crippen LogP) is 4.67. The van der Waals surface area contributed by atoms with Crippen molar-refractivity contribution in [3.63, 3.8) is 0 Å². The van der Waals surface area contributed by atoms with Gasteiger partial charge in [0.05, 0.1) is 5.71 Å². The molecule has 0 atom stereocenters. The van der Waals surface area contributed by atoms with Gasteiger partial charge in [-0.1, -0.05) is 60.7 Å². The molecule has 0 radical (unpaired) electrons. The van der Waals surface area contributed by atoms with Crippen molar-refractivity contribution in [1.82, 2.24) is 0 Å². The van der Waals surface area contributed by atoms with Crippen molar-refractivity contribution >= 4 is 5.71 Å². The first-order chi connectivity index (χ1) is 11.3. The summed E-state index contributed by atoms with van der Waals surface area (Å²) < 4.78 is 12.9. The highest BCUT2D eigenvalue weighted by Gasteiger charge is 2.05. The maximum atomic E-state index is 12.9. The minimum absolute atomic E-state index is 0.270. The Labute approximate surface area is 135 Å². The Hall–Kier alpha value is -3.18. The van der Waals surface area contributed by atoms with Gasteiger partial charge in [-0.25, -0.2) is 4.39 Å². The zero-order valence-electron chi connectivity index (χ0n) is 12.4. The maximum absolute atomic E-state index is 12.9. The van der Waals surface area contributed by atoms with Crippen LogP contribution in [0, 0.1) is 17.8 Å². The topological polar surface area (TPSA) is 12.4 Å². The molecule has 0 spiro atoms. The van der Waals surface area contributed by atoms with E-state index in [9.17, 15) is 4.39 Å². The van der Waals surface area contributed by atoms with E-state index in [-0.39, 0.29) is 5.82 Å². The van der Waals surface area contributed by atoms with Gasteiger partial charge in [0.2, 0.25) is 0 Å². The van der Waals surface area contributed by atoms with Crippen LogP contribution < -0.4 is 0 Å². The predicted molar refractivity (Wildman–Crippen MR) is 91.8 cm³/mol. The highest BCUT2D eigenvalue weighted by Crippen LogP contribution is 2.10. The minimum atomic E-state index is -0.270. The number of nitrogens with zero attached hydrogens (tertiary/aromatic N) is 1. The van der Waals surface area contributed by atoms with Crippen LogP contribution in [0.5, 0.6) is 0 Å². The van der Waals surface area contributed by atoms with Gasteiger partial charge in [0.25, 0.3) is 0 Å². The molecule has 0 amide bonds. The van der Waals surface area contributed by atoms with Gasteiger partial charge in [0, 0.05) is 22.7 Å². The molecule has 0 heterocycles. The largest absolute Gasteiger partial charge is 0.207 e. The normalized spacial score (nSPS) is 9.61. The van der Waals surface area contributed by atoms with Crippen molar-refractivity contribution < 1.29 is 4.39 Å². The summed E-state index contributed by atoms with van der Waals surface area (Å²) in [5.74, 6) is 2.67. The molecular formula is C21H14FN. The van der Waals surface area contributed by atoms with Crippen LogP contribution in [0.2, 0.25) is 0 Å². The van der Waals surface area contributed by atoms with E-state index in [1.807, 2.05) is 60.7 Å². The SMILES string of the molecule is Fc1ccc(C#CN=C(c2ccccc2)c2ccccc2)cc1. The van der Waals surface area contributed by atoms with Crippen LogP contribution in [-0.2, 0) is 0 Å². The Morgan fingerprint density at radius 2 is 1.22 bits per heavy atom. The van der Waals surface area contributed by atoms with Gasteiger partial charge in [-0.05, 0) is 30.2 Å². The fourth-order valence-corrected chi connectivity index (χ4v) is 2.17. The van der Waals surface area contributed by atoms with Crippen LogP contribution in [0.1, 0.15) is 16.7 Å². The van der Waals surface area contributed by atoms with E-state index in [1.54, 1.807) is 12.1 Å². The average molecular weight is 299 g/mol. The lowest BCUT2D eigenvalue weighted by Gasteiger charge is -2.04. The van der Waals surface area contributed by atoms with E-state index < -0.39 is 0 Å². The zero-order valence-corrected chi connectivity index (χ0v) is 12.4. The van der Waals surface area contributed by atoms with Crippen LogP contribution in [0.3, 0.4) is 0 Å². The Morgan fingerprint density at radius 3 is 1.74 bits per heavy atom. The first kappa shape index (κ1) is 14.7. The quantitative estimate of drug-likeness (QED) is 0.481. The summed E-state index contributed by atoms with van der Waals surface area (Å²) in [4.78, 5) is 4.44. The Balaban J connectivity index is 1.98. The van der Waals surface area contributed by atoms with Gasteiger partial charge in [-0.3, -0.25) is 0 Å². The van der Waals surface area contributed by atoms with Crippen molar-refractivity contribution in [2.45, 2.75) is 0 Å². The summed E-state index contributed by atoms with van der Waals surface area (Å²) >= 11 is 0. The molecule has 110 valence electrons. The molecule has 0 unspecified atom stereocenters. The van der Waals surface area contributed by atoms with Crippen LogP contribution in [0.4, 0.5) is 4.39 Å². The average Bonchev–Trinajstić information content (AvgIpc) is 2.62. The summed E-state index contributed by atoms with van der Waals surface area (Å²) in [5.41, 5.74) is 3.57. The number of benzene rings is 3. The molecule has 0 saturated heterocycles. The van der Waals surface area contributed by atoms with Crippen LogP contribution in [0.25, 0.3) is 0 Å². The van der Waals surface area contributed by atoms with E-state index in [0.717, 1.165) is 22.4 Å². The number of hydrogen-bond donors (Lipinski definition) is 0. The van der Waals surface area contributed by atoms with E-state index in [4.69, 9.17) is 0 Å². The summed E-state index contributed by atoms with van der Waals surface area (Å²) in [5, 5.41) is 0. The zero-order chi connectivity index (χ0) is 15.9. The molecule has 0 aliphatic carbocycles. The molecule has 0 fully saturated rings. The lowest BCUT2D eigenvalue weighted by Crippen LogP contribution is -2.02. The maximum Gasteiger partial charge on any atom is 0.123 e. The molecule has 3 aromatic rings.